The number of amidine groups is 1. The number of rotatable bonds is 5. The molecule has 236 valence electrons. The van der Waals surface area contributed by atoms with Crippen LogP contribution in [0.15, 0.2) is 186 Å². The molecule has 5 heteroatoms. The van der Waals surface area contributed by atoms with Gasteiger partial charge >= 0.3 is 0 Å². The Morgan fingerprint density at radius 1 is 0.360 bits per heavy atom. The summed E-state index contributed by atoms with van der Waals surface area (Å²) in [6, 6.07) is 62.9. The highest BCUT2D eigenvalue weighted by molar-refractivity contribution is 14.2. The molecule has 3 heterocycles. The van der Waals surface area contributed by atoms with Crippen molar-refractivity contribution in [3.8, 4) is 11.4 Å². The van der Waals surface area contributed by atoms with Crippen LogP contribution < -0.4 is 0 Å². The number of aromatic nitrogens is 2. The summed E-state index contributed by atoms with van der Waals surface area (Å²) in [7, 11) is 0. The average molecular weight is 753 g/mol. The minimum absolute atomic E-state index is 0.717. The standard InChI is InChI=1S/C45H29IN4/c1-3-15-30(16-4-1)43-46-44(48-45(47-43)31-17-5-2-6-18-31)32-27-33(49-39-23-11-7-19-35(39)36-20-8-12-24-40(36)49)29-34(28-32)50-41-25-13-9-21-37(41)38-22-10-14-26-42(38)50/h1-29H. The molecule has 2 aromatic heterocycles. The van der Waals surface area contributed by atoms with Gasteiger partial charge in [-0.25, -0.2) is 9.98 Å². The minimum Gasteiger partial charge on any atom is -0.309 e. The summed E-state index contributed by atoms with van der Waals surface area (Å²) in [6.45, 7) is 0. The second-order valence-electron chi connectivity index (χ2n) is 12.4. The lowest BCUT2D eigenvalue weighted by Gasteiger charge is -2.17. The van der Waals surface area contributed by atoms with Crippen molar-refractivity contribution >= 4 is 77.5 Å². The van der Waals surface area contributed by atoms with E-state index >= 15 is 0 Å². The van der Waals surface area contributed by atoms with Crippen LogP contribution in [-0.4, -0.2) is 22.3 Å². The van der Waals surface area contributed by atoms with Crippen molar-refractivity contribution in [2.45, 2.75) is 0 Å². The van der Waals surface area contributed by atoms with Crippen molar-refractivity contribution in [3.05, 3.63) is 193 Å². The predicted molar refractivity (Wildman–Crippen MR) is 219 cm³/mol. The Morgan fingerprint density at radius 2 is 0.760 bits per heavy atom. The highest BCUT2D eigenvalue weighted by Crippen LogP contribution is 2.37. The third kappa shape index (κ3) is 4.76. The lowest BCUT2D eigenvalue weighted by molar-refractivity contribution is 1.13. The van der Waals surface area contributed by atoms with Crippen molar-refractivity contribution in [2.24, 2.45) is 9.98 Å². The van der Waals surface area contributed by atoms with E-state index in [9.17, 15) is 0 Å². The van der Waals surface area contributed by atoms with E-state index in [0.717, 1.165) is 41.3 Å². The van der Waals surface area contributed by atoms with Crippen molar-refractivity contribution < 1.29 is 0 Å². The zero-order chi connectivity index (χ0) is 33.0. The lowest BCUT2D eigenvalue weighted by Crippen LogP contribution is -2.12. The molecule has 0 fully saturated rings. The molecular formula is C45H29IN4. The Hall–Kier alpha value is -5.92. The van der Waals surface area contributed by atoms with Crippen molar-refractivity contribution in [1.82, 2.24) is 9.13 Å². The first-order chi connectivity index (χ1) is 24.8. The van der Waals surface area contributed by atoms with Crippen LogP contribution >= 0.6 is 20.7 Å². The first kappa shape index (κ1) is 29.0. The molecule has 0 amide bonds. The molecule has 0 radical (unpaired) electrons. The molecule has 0 bridgehead atoms. The fourth-order valence-electron chi connectivity index (χ4n) is 7.24. The number of hydrogen-bond acceptors (Lipinski definition) is 2. The maximum absolute atomic E-state index is 5.37. The molecule has 0 unspecified atom stereocenters. The van der Waals surface area contributed by atoms with Gasteiger partial charge in [-0.2, -0.15) is 0 Å². The topological polar surface area (TPSA) is 34.6 Å². The third-order valence-corrected chi connectivity index (χ3v) is 12.2. The number of hydrogen-bond donors (Lipinski definition) is 0. The van der Waals surface area contributed by atoms with E-state index in [-0.39, 0.29) is 0 Å². The summed E-state index contributed by atoms with van der Waals surface area (Å²) in [6.07, 6.45) is 0. The normalized spacial score (nSPS) is 13.3. The summed E-state index contributed by atoms with van der Waals surface area (Å²) in [4.78, 5) is 10.6. The monoisotopic (exact) mass is 752 g/mol. The van der Waals surface area contributed by atoms with E-state index in [4.69, 9.17) is 9.98 Å². The Morgan fingerprint density at radius 3 is 1.22 bits per heavy atom. The van der Waals surface area contributed by atoms with Crippen molar-refractivity contribution in [1.29, 1.82) is 0 Å². The number of halogens is 1. The van der Waals surface area contributed by atoms with E-state index in [1.54, 1.807) is 0 Å². The summed E-state index contributed by atoms with van der Waals surface area (Å²) in [5.41, 5.74) is 10.2. The van der Waals surface area contributed by atoms with E-state index in [1.807, 2.05) is 6.07 Å². The quantitative estimate of drug-likeness (QED) is 0.157. The Labute approximate surface area is 299 Å². The molecule has 10 rings (SSSR count). The van der Waals surface area contributed by atoms with Crippen LogP contribution in [0.1, 0.15) is 16.7 Å². The van der Waals surface area contributed by atoms with Gasteiger partial charge in [0.05, 0.1) is 22.1 Å². The van der Waals surface area contributed by atoms with Gasteiger partial charge in [0.25, 0.3) is 0 Å². The zero-order valence-electron chi connectivity index (χ0n) is 26.9. The van der Waals surface area contributed by atoms with Gasteiger partial charge in [0.15, 0.2) is 5.84 Å². The van der Waals surface area contributed by atoms with Crippen LogP contribution in [0.2, 0.25) is 0 Å². The summed E-state index contributed by atoms with van der Waals surface area (Å²) >= 11 is -0.717. The van der Waals surface area contributed by atoms with Gasteiger partial charge in [-0.1, -0.05) is 133 Å². The molecule has 1 aliphatic rings. The molecule has 7 aromatic carbocycles. The highest BCUT2D eigenvalue weighted by Gasteiger charge is 2.20. The van der Waals surface area contributed by atoms with E-state index in [2.05, 4.69) is 179 Å². The lowest BCUT2D eigenvalue weighted by atomic mass is 10.1. The molecule has 9 aromatic rings. The van der Waals surface area contributed by atoms with Crippen molar-refractivity contribution in [3.63, 3.8) is 0 Å². The number of nitrogens with zero attached hydrogens (tertiary/aromatic N) is 4. The molecule has 0 atom stereocenters. The number of aliphatic imine (C=N–C) groups is 2. The molecule has 0 saturated heterocycles. The largest absolute Gasteiger partial charge is 0.309 e. The van der Waals surface area contributed by atoms with Gasteiger partial charge in [0.1, 0.15) is 7.35 Å². The number of benzene rings is 7. The molecule has 0 saturated carbocycles. The van der Waals surface area contributed by atoms with E-state index < -0.39 is 20.7 Å². The van der Waals surface area contributed by atoms with Gasteiger partial charge in [0.2, 0.25) is 0 Å². The fourth-order valence-corrected chi connectivity index (χ4v) is 9.72. The summed E-state index contributed by atoms with van der Waals surface area (Å²) in [5.74, 6) is 0.756. The van der Waals surface area contributed by atoms with Gasteiger partial charge in [-0.15, -0.1) is 0 Å². The fraction of sp³-hybridized carbons (Fsp3) is 0. The molecule has 1 aliphatic heterocycles. The molecule has 0 spiro atoms. The Kier molecular flexibility index (Phi) is 6.91. The minimum atomic E-state index is -0.717. The highest BCUT2D eigenvalue weighted by atomic mass is 127. The van der Waals surface area contributed by atoms with Crippen molar-refractivity contribution in [2.75, 3.05) is 0 Å². The second-order valence-corrected chi connectivity index (χ2v) is 15.0. The molecule has 0 aliphatic carbocycles. The third-order valence-electron chi connectivity index (χ3n) is 9.45. The maximum Gasteiger partial charge on any atom is 0.161 e. The van der Waals surface area contributed by atoms with E-state index in [1.165, 1.54) is 43.6 Å². The van der Waals surface area contributed by atoms with Gasteiger partial charge in [-0.3, -0.25) is 0 Å². The van der Waals surface area contributed by atoms with Crippen LogP contribution in [0.3, 0.4) is 0 Å². The Balaban J connectivity index is 1.29. The number of para-hydroxylation sites is 4. The van der Waals surface area contributed by atoms with Crippen LogP contribution in [0, 0.1) is 0 Å². The first-order valence-corrected chi connectivity index (χ1v) is 18.9. The molecule has 0 N–H and O–H groups in total. The van der Waals surface area contributed by atoms with Crippen LogP contribution in [0.5, 0.6) is 0 Å². The predicted octanol–water partition coefficient (Wildman–Crippen LogP) is 11.2. The number of fused-ring (bicyclic) bond motifs is 6. The van der Waals surface area contributed by atoms with Gasteiger partial charge < -0.3 is 9.13 Å². The first-order valence-electron chi connectivity index (χ1n) is 16.7. The SMILES string of the molecule is c1ccc(C2=NC(c3cc(-n4c5ccccc5c5ccccc54)cc(-n4c5ccccc5c5ccccc54)c3)=IC(c3ccccc3)=N2)cc1. The average Bonchev–Trinajstić information content (AvgIpc) is 3.71. The maximum atomic E-state index is 5.37. The van der Waals surface area contributed by atoms with Crippen LogP contribution in [0.4, 0.5) is 0 Å². The summed E-state index contributed by atoms with van der Waals surface area (Å²) < 4.78 is 7.05. The van der Waals surface area contributed by atoms with Gasteiger partial charge in [-0.05, 0) is 63.2 Å². The molecular weight excluding hydrogens is 723 g/mol. The zero-order valence-corrected chi connectivity index (χ0v) is 29.1. The Bertz CT molecular complexity index is 2580. The molecule has 4 nitrogen and oxygen atoms in total. The van der Waals surface area contributed by atoms with Gasteiger partial charge in [0, 0.05) is 49.6 Å². The van der Waals surface area contributed by atoms with Crippen LogP contribution in [-0.2, 0) is 0 Å². The summed E-state index contributed by atoms with van der Waals surface area (Å²) in [5, 5.41) is 4.97. The second kappa shape index (κ2) is 11.9. The van der Waals surface area contributed by atoms with E-state index in [0.29, 0.717) is 0 Å². The van der Waals surface area contributed by atoms with Crippen LogP contribution in [0.25, 0.3) is 55.0 Å². The molecule has 50 heavy (non-hydrogen) atoms. The smallest absolute Gasteiger partial charge is 0.161 e.